The summed E-state index contributed by atoms with van der Waals surface area (Å²) >= 11 is 6.11. The number of nitrogens with two attached hydrogens (primary N) is 1. The van der Waals surface area contributed by atoms with E-state index in [2.05, 4.69) is 36.0 Å². The minimum Gasteiger partial charge on any atom is -0.318 e. The molecule has 21 heavy (non-hydrogen) atoms. The summed E-state index contributed by atoms with van der Waals surface area (Å²) in [5.74, 6) is 0. The van der Waals surface area contributed by atoms with Crippen LogP contribution in [0.2, 0.25) is 0 Å². The van der Waals surface area contributed by atoms with Crippen LogP contribution in [-0.2, 0) is 0 Å². The van der Waals surface area contributed by atoms with Crippen LogP contribution < -0.4 is 9.86 Å². The third-order valence-electron chi connectivity index (χ3n) is 3.70. The summed E-state index contributed by atoms with van der Waals surface area (Å²) in [4.78, 5) is 0. The van der Waals surface area contributed by atoms with Crippen molar-refractivity contribution in [2.24, 2.45) is 5.73 Å². The normalized spacial score (nSPS) is 13.1. The zero-order chi connectivity index (χ0) is 15.6. The van der Waals surface area contributed by atoms with E-state index < -0.39 is 0 Å². The van der Waals surface area contributed by atoms with Crippen LogP contribution in [0.15, 0.2) is 12.2 Å². The fourth-order valence-electron chi connectivity index (χ4n) is 2.36. The Labute approximate surface area is 142 Å². The van der Waals surface area contributed by atoms with E-state index in [9.17, 15) is 0 Å². The lowest BCUT2D eigenvalue weighted by Crippen LogP contribution is -2.17. The Hall–Kier alpha value is 0.360. The topological polar surface area (TPSA) is 38.0 Å². The van der Waals surface area contributed by atoms with E-state index in [4.69, 9.17) is 5.73 Å². The molecule has 0 spiro atoms. The van der Waals surface area contributed by atoms with Crippen LogP contribution in [0.4, 0.5) is 0 Å². The van der Waals surface area contributed by atoms with Gasteiger partial charge in [-0.1, -0.05) is 82.4 Å². The van der Waals surface area contributed by atoms with Gasteiger partial charge >= 0.3 is 0 Å². The molecule has 0 aromatic heterocycles. The highest BCUT2D eigenvalue weighted by molar-refractivity contribution is 8.06. The van der Waals surface area contributed by atoms with Crippen LogP contribution in [0.3, 0.4) is 0 Å². The van der Waals surface area contributed by atoms with Gasteiger partial charge in [0.15, 0.2) is 0 Å². The molecule has 0 saturated carbocycles. The monoisotopic (exact) mass is 331 g/mol. The molecule has 2 nitrogen and oxygen atoms in total. The largest absolute Gasteiger partial charge is 0.318 e. The molecule has 0 aromatic rings. The second-order valence-corrected chi connectivity index (χ2v) is 7.27. The van der Waals surface area contributed by atoms with Crippen LogP contribution in [0, 0.1) is 0 Å². The molecule has 125 valence electrons. The summed E-state index contributed by atoms with van der Waals surface area (Å²) in [5, 5.41) is 0.153. The maximum atomic E-state index is 5.85. The summed E-state index contributed by atoms with van der Waals surface area (Å²) in [6.07, 6.45) is 21.8. The van der Waals surface area contributed by atoms with Crippen molar-refractivity contribution in [2.45, 2.75) is 95.8 Å². The van der Waals surface area contributed by atoms with E-state index in [0.29, 0.717) is 0 Å². The molecule has 1 radical (unpaired) electrons. The van der Waals surface area contributed by atoms with Crippen molar-refractivity contribution in [1.82, 2.24) is 4.13 Å². The first-order valence-corrected chi connectivity index (χ1v) is 10.0. The molecular formula is C17H35N2S2. The minimum atomic E-state index is 0.153. The average molecular weight is 332 g/mol. The summed E-state index contributed by atoms with van der Waals surface area (Å²) in [6, 6.07) is 0. The van der Waals surface area contributed by atoms with Crippen LogP contribution in [0.5, 0.6) is 0 Å². The predicted octanol–water partition coefficient (Wildman–Crippen LogP) is 6.27. The maximum absolute atomic E-state index is 5.85. The number of rotatable bonds is 16. The van der Waals surface area contributed by atoms with Gasteiger partial charge in [-0.15, -0.1) is 0 Å². The molecule has 0 aliphatic heterocycles. The molecule has 0 bridgehead atoms. The van der Waals surface area contributed by atoms with Crippen LogP contribution >= 0.6 is 24.8 Å². The quantitative estimate of drug-likeness (QED) is 0.151. The predicted molar refractivity (Wildman–Crippen MR) is 101 cm³/mol. The molecule has 0 saturated heterocycles. The van der Waals surface area contributed by atoms with Gasteiger partial charge in [0.2, 0.25) is 0 Å². The van der Waals surface area contributed by atoms with E-state index in [1.807, 2.05) is 0 Å². The maximum Gasteiger partial charge on any atom is 0.0662 e. The summed E-state index contributed by atoms with van der Waals surface area (Å²) in [7, 11) is 0. The van der Waals surface area contributed by atoms with Crippen molar-refractivity contribution in [3.8, 4) is 0 Å². The number of allylic oxidation sites excluding steroid dienone is 2. The van der Waals surface area contributed by atoms with Crippen LogP contribution in [0.25, 0.3) is 0 Å². The lowest BCUT2D eigenvalue weighted by Gasteiger charge is -2.08. The fourth-order valence-corrected chi connectivity index (χ4v) is 3.14. The fraction of sp³-hybridized carbons (Fsp3) is 0.882. The van der Waals surface area contributed by atoms with Crippen molar-refractivity contribution in [3.05, 3.63) is 12.2 Å². The van der Waals surface area contributed by atoms with Crippen molar-refractivity contribution >= 4 is 24.8 Å². The third-order valence-corrected chi connectivity index (χ3v) is 4.62. The van der Waals surface area contributed by atoms with Gasteiger partial charge in [-0.2, -0.15) is 4.13 Å². The summed E-state index contributed by atoms with van der Waals surface area (Å²) in [5.41, 5.74) is 5.85. The van der Waals surface area contributed by atoms with Crippen molar-refractivity contribution < 1.29 is 0 Å². The summed E-state index contributed by atoms with van der Waals surface area (Å²) in [6.45, 7) is 2.27. The Bertz CT molecular complexity index is 223. The molecule has 0 aromatic carbocycles. The highest BCUT2D eigenvalue weighted by atomic mass is 32.2. The first-order valence-electron chi connectivity index (χ1n) is 8.74. The second kappa shape index (κ2) is 18.4. The number of unbranched alkanes of at least 4 members (excludes halogenated alkanes) is 10. The molecule has 0 aliphatic carbocycles. The van der Waals surface area contributed by atoms with Gasteiger partial charge in [0.1, 0.15) is 0 Å². The van der Waals surface area contributed by atoms with Gasteiger partial charge in [-0.3, -0.25) is 0 Å². The lowest BCUT2D eigenvalue weighted by atomic mass is 10.1. The van der Waals surface area contributed by atoms with Crippen molar-refractivity contribution in [1.29, 1.82) is 0 Å². The molecule has 3 N–H and O–H groups in total. The Morgan fingerprint density at radius 1 is 0.905 bits per heavy atom. The third kappa shape index (κ3) is 18.3. The molecule has 0 heterocycles. The Morgan fingerprint density at radius 3 is 2.00 bits per heavy atom. The van der Waals surface area contributed by atoms with Gasteiger partial charge in [0, 0.05) is 12.8 Å². The lowest BCUT2D eigenvalue weighted by molar-refractivity contribution is 0.606. The molecule has 1 unspecified atom stereocenters. The zero-order valence-corrected chi connectivity index (χ0v) is 15.5. The molecule has 4 heteroatoms. The van der Waals surface area contributed by atoms with Crippen LogP contribution in [-0.4, -0.2) is 5.37 Å². The molecule has 0 fully saturated rings. The molecular weight excluding hydrogens is 296 g/mol. The molecule has 0 aliphatic rings. The SMILES string of the molecule is CCCCCCCC/C=C\CCCCCCC(N)SN[S]. The van der Waals surface area contributed by atoms with E-state index in [-0.39, 0.29) is 5.37 Å². The van der Waals surface area contributed by atoms with Gasteiger partial charge in [-0.25, -0.2) is 0 Å². The first-order chi connectivity index (χ1) is 10.3. The molecule has 0 amide bonds. The zero-order valence-electron chi connectivity index (χ0n) is 13.8. The first kappa shape index (κ1) is 21.4. The summed E-state index contributed by atoms with van der Waals surface area (Å²) < 4.78 is 2.63. The standard InChI is InChI=1S/C17H35N2S2/c1-2-3-4-5-6-7-8-9-10-11-12-13-14-15-16-17(18)21-19-20/h9-10,17,19H,2-8,11-16,18H2,1H3/b10-9-. The number of hydrogen-bond acceptors (Lipinski definition) is 3. The smallest absolute Gasteiger partial charge is 0.0662 e. The highest BCUT2D eigenvalue weighted by Gasteiger charge is 2.00. The molecule has 1 atom stereocenters. The van der Waals surface area contributed by atoms with Crippen molar-refractivity contribution in [3.63, 3.8) is 0 Å². The van der Waals surface area contributed by atoms with Gasteiger partial charge in [-0.05, 0) is 32.1 Å². The average Bonchev–Trinajstić information content (AvgIpc) is 2.48. The van der Waals surface area contributed by atoms with E-state index in [0.717, 1.165) is 6.42 Å². The Balaban J connectivity index is 3.11. The van der Waals surface area contributed by atoms with E-state index >= 15 is 0 Å². The van der Waals surface area contributed by atoms with Crippen LogP contribution in [0.1, 0.15) is 90.4 Å². The van der Waals surface area contributed by atoms with Crippen molar-refractivity contribution in [2.75, 3.05) is 0 Å². The van der Waals surface area contributed by atoms with Gasteiger partial charge in [0.25, 0.3) is 0 Å². The Kier molecular flexibility index (Phi) is 18.7. The van der Waals surface area contributed by atoms with Gasteiger partial charge in [0.05, 0.1) is 5.37 Å². The van der Waals surface area contributed by atoms with Gasteiger partial charge < -0.3 is 5.73 Å². The molecule has 0 rings (SSSR count). The number of nitrogens with one attached hydrogen (secondary N) is 1. The number of hydrogen-bond donors (Lipinski definition) is 2. The van der Waals surface area contributed by atoms with E-state index in [1.54, 1.807) is 0 Å². The Morgan fingerprint density at radius 2 is 1.43 bits per heavy atom. The minimum absolute atomic E-state index is 0.153. The highest BCUT2D eigenvalue weighted by Crippen LogP contribution is 2.12. The van der Waals surface area contributed by atoms with E-state index in [1.165, 1.54) is 89.0 Å². The second-order valence-electron chi connectivity index (χ2n) is 5.76.